The molecule has 0 radical (unpaired) electrons. The topological polar surface area (TPSA) is 133 Å². The van der Waals surface area contributed by atoms with Crippen LogP contribution in [0.25, 0.3) is 0 Å². The first-order chi connectivity index (χ1) is 21.5. The van der Waals surface area contributed by atoms with Gasteiger partial charge in [-0.25, -0.2) is 0 Å². The zero-order chi connectivity index (χ0) is 33.9. The third-order valence-electron chi connectivity index (χ3n) is 9.55. The second-order valence-electron chi connectivity index (χ2n) is 14.4. The van der Waals surface area contributed by atoms with Crippen molar-refractivity contribution in [2.24, 2.45) is 11.8 Å². The molecule has 0 spiro atoms. The average molecular weight is 627 g/mol. The summed E-state index contributed by atoms with van der Waals surface area (Å²) in [6.07, 6.45) is 4.92. The molecule has 5 rings (SSSR count). The molecular formula is C36H42N4O6. The number of fused-ring (bicyclic) bond motifs is 2. The van der Waals surface area contributed by atoms with Gasteiger partial charge in [0.05, 0.1) is 20.9 Å². The van der Waals surface area contributed by atoms with Crippen molar-refractivity contribution in [3.05, 3.63) is 103 Å². The molecule has 2 aromatic carbocycles. The predicted molar refractivity (Wildman–Crippen MR) is 176 cm³/mol. The largest absolute Gasteiger partial charge is 0.871 e. The minimum Gasteiger partial charge on any atom is -0.871 e. The molecule has 10 nitrogen and oxygen atoms in total. The summed E-state index contributed by atoms with van der Waals surface area (Å²) >= 11 is 0. The summed E-state index contributed by atoms with van der Waals surface area (Å²) < 4.78 is 2.02. The van der Waals surface area contributed by atoms with Crippen molar-refractivity contribution >= 4 is 34.2 Å². The number of non-ortho nitro benzene ring substituents is 1. The fraction of sp³-hybridized carbons (Fsp3) is 0.444. The highest BCUT2D eigenvalue weighted by molar-refractivity contribution is 6.24. The number of ketones is 1. The zero-order valence-electron chi connectivity index (χ0n) is 27.8. The van der Waals surface area contributed by atoms with Crippen LogP contribution < -0.4 is 10.0 Å². The second kappa shape index (κ2) is 11.6. The molecule has 0 saturated carbocycles. The molecule has 0 bridgehead atoms. The van der Waals surface area contributed by atoms with Gasteiger partial charge in [-0.05, 0) is 55.9 Å². The summed E-state index contributed by atoms with van der Waals surface area (Å²) in [6, 6.07) is 9.85. The lowest BCUT2D eigenvalue weighted by molar-refractivity contribution is -0.440. The lowest BCUT2D eigenvalue weighted by Crippen LogP contribution is -2.35. The molecule has 0 aromatic heterocycles. The zero-order valence-corrected chi connectivity index (χ0v) is 27.8. The summed E-state index contributed by atoms with van der Waals surface area (Å²) in [5.41, 5.74) is 3.01. The van der Waals surface area contributed by atoms with Crippen LogP contribution >= 0.6 is 0 Å². The molecule has 2 aromatic rings. The standard InChI is InChI=1S/C36H42N4O6/c1-21(2)14-16-37-27-10-9-11-28(40(45)46)32(27)36(7,8)31(37)20-25-33(41)24(34(25)42)19-30-35(5,6)26-13-12-23(39(43)44)18-29(26)38(30)17-15-22(3)4/h9-13,18-22H,14-17H2,1-8H3. The Morgan fingerprint density at radius 1 is 0.913 bits per heavy atom. The maximum Gasteiger partial charge on any atom is 0.280 e. The normalized spacial score (nSPS) is 19.9. The van der Waals surface area contributed by atoms with Crippen LogP contribution in [0.2, 0.25) is 0 Å². The Morgan fingerprint density at radius 3 is 2.17 bits per heavy atom. The Hall–Kier alpha value is -4.60. The molecule has 0 N–H and O–H groups in total. The lowest BCUT2D eigenvalue weighted by Gasteiger charge is -2.33. The van der Waals surface area contributed by atoms with Crippen molar-refractivity contribution < 1.29 is 24.3 Å². The summed E-state index contributed by atoms with van der Waals surface area (Å²) in [7, 11) is 0. The Kier molecular flexibility index (Phi) is 8.30. The first kappa shape index (κ1) is 32.8. The van der Waals surface area contributed by atoms with Gasteiger partial charge in [0, 0.05) is 65.6 Å². The molecule has 0 saturated heterocycles. The van der Waals surface area contributed by atoms with Crippen LogP contribution in [0, 0.1) is 32.1 Å². The number of carbonyl (C=O) groups is 1. The van der Waals surface area contributed by atoms with Crippen molar-refractivity contribution in [1.82, 2.24) is 0 Å². The number of hydrogen-bond donors (Lipinski definition) is 0. The molecule has 0 fully saturated rings. The van der Waals surface area contributed by atoms with Crippen molar-refractivity contribution in [3.8, 4) is 0 Å². The lowest BCUT2D eigenvalue weighted by atomic mass is 9.77. The van der Waals surface area contributed by atoms with Crippen LogP contribution in [-0.4, -0.2) is 39.0 Å². The molecular weight excluding hydrogens is 584 g/mol. The molecule has 1 aliphatic carbocycles. The van der Waals surface area contributed by atoms with Crippen LogP contribution in [-0.2, 0) is 15.6 Å². The van der Waals surface area contributed by atoms with E-state index in [0.717, 1.165) is 29.8 Å². The van der Waals surface area contributed by atoms with E-state index in [-0.39, 0.29) is 39.0 Å². The third kappa shape index (κ3) is 5.33. The highest BCUT2D eigenvalue weighted by Crippen LogP contribution is 2.50. The number of nitrogens with zero attached hydrogens (tertiary/aromatic N) is 4. The van der Waals surface area contributed by atoms with Gasteiger partial charge in [0.2, 0.25) is 5.69 Å². The molecule has 242 valence electrons. The summed E-state index contributed by atoms with van der Waals surface area (Å²) in [5.74, 6) is -0.0166. The molecule has 2 heterocycles. The van der Waals surface area contributed by atoms with Crippen LogP contribution in [0.5, 0.6) is 0 Å². The number of nitro groups is 2. The van der Waals surface area contributed by atoms with E-state index < -0.39 is 15.8 Å². The van der Waals surface area contributed by atoms with Crippen molar-refractivity contribution in [2.45, 2.75) is 79.1 Å². The van der Waals surface area contributed by atoms with E-state index in [1.165, 1.54) is 12.1 Å². The molecule has 46 heavy (non-hydrogen) atoms. The molecule has 0 unspecified atom stereocenters. The monoisotopic (exact) mass is 626 g/mol. The SMILES string of the molecule is CC(C)CCN1/C(=C/C2=C([O-])C(=C\C3=[N+](CCC(C)C)c4cccc([N+](=O)[O-])c4C3(C)C)/C2=O)C(C)(C)c2ccc([N+](=O)[O-])cc21. The predicted octanol–water partition coefficient (Wildman–Crippen LogP) is 6.78. The van der Waals surface area contributed by atoms with Gasteiger partial charge < -0.3 is 10.0 Å². The number of hydrogen-bond acceptors (Lipinski definition) is 7. The van der Waals surface area contributed by atoms with E-state index in [1.54, 1.807) is 30.4 Å². The van der Waals surface area contributed by atoms with E-state index in [2.05, 4.69) is 27.7 Å². The first-order valence-corrected chi connectivity index (χ1v) is 15.9. The van der Waals surface area contributed by atoms with E-state index in [0.29, 0.717) is 41.9 Å². The van der Waals surface area contributed by atoms with Crippen LogP contribution in [0.4, 0.5) is 22.7 Å². The van der Waals surface area contributed by atoms with Crippen LogP contribution in [0.3, 0.4) is 0 Å². The number of carbonyl (C=O) groups excluding carboxylic acids is 1. The maximum absolute atomic E-state index is 13.8. The fourth-order valence-corrected chi connectivity index (χ4v) is 6.87. The van der Waals surface area contributed by atoms with Gasteiger partial charge >= 0.3 is 0 Å². The minimum absolute atomic E-state index is 0.0125. The van der Waals surface area contributed by atoms with E-state index in [9.17, 15) is 30.1 Å². The van der Waals surface area contributed by atoms with Crippen molar-refractivity contribution in [1.29, 1.82) is 0 Å². The molecule has 0 atom stereocenters. The van der Waals surface area contributed by atoms with Gasteiger partial charge in [-0.15, -0.1) is 0 Å². The van der Waals surface area contributed by atoms with E-state index >= 15 is 0 Å². The molecule has 0 amide bonds. The summed E-state index contributed by atoms with van der Waals surface area (Å²) in [6.45, 7) is 17.4. The molecule has 3 aliphatic rings. The van der Waals surface area contributed by atoms with E-state index in [4.69, 9.17) is 0 Å². The second-order valence-corrected chi connectivity index (χ2v) is 14.4. The summed E-state index contributed by atoms with van der Waals surface area (Å²) in [5, 5.41) is 37.4. The van der Waals surface area contributed by atoms with Crippen LogP contribution in [0.1, 0.15) is 79.4 Å². The first-order valence-electron chi connectivity index (χ1n) is 15.9. The molecule has 2 aliphatic heterocycles. The number of anilines is 1. The number of Topliss-reactive ketones (excluding diaryl/α,β-unsaturated/α-hetero) is 1. The third-order valence-corrected chi connectivity index (χ3v) is 9.55. The average Bonchev–Trinajstić information content (AvgIpc) is 3.33. The molecule has 10 heteroatoms. The van der Waals surface area contributed by atoms with Gasteiger partial charge in [0.15, 0.2) is 11.5 Å². The Bertz CT molecular complexity index is 1790. The number of nitro benzene ring substituents is 2. The highest BCUT2D eigenvalue weighted by Gasteiger charge is 2.50. The van der Waals surface area contributed by atoms with Gasteiger partial charge in [-0.2, -0.15) is 4.58 Å². The highest BCUT2D eigenvalue weighted by atomic mass is 16.6. The van der Waals surface area contributed by atoms with E-state index in [1.807, 2.05) is 43.2 Å². The minimum atomic E-state index is -0.824. The van der Waals surface area contributed by atoms with Gasteiger partial charge in [0.1, 0.15) is 12.1 Å². The van der Waals surface area contributed by atoms with Gasteiger partial charge in [-0.3, -0.25) is 25.0 Å². The smallest absolute Gasteiger partial charge is 0.280 e. The number of rotatable bonds is 10. The number of allylic oxidation sites excluding steroid dienone is 5. The Morgan fingerprint density at radius 2 is 1.59 bits per heavy atom. The fourth-order valence-electron chi connectivity index (χ4n) is 6.87. The maximum atomic E-state index is 13.8. The number of benzene rings is 2. The van der Waals surface area contributed by atoms with Gasteiger partial charge in [0.25, 0.3) is 11.4 Å². The van der Waals surface area contributed by atoms with Gasteiger partial charge in [-0.1, -0.05) is 47.3 Å². The van der Waals surface area contributed by atoms with Crippen LogP contribution in [0.15, 0.2) is 71.2 Å². The van der Waals surface area contributed by atoms with Crippen molar-refractivity contribution in [2.75, 3.05) is 18.0 Å². The Balaban J connectivity index is 1.61. The Labute approximate surface area is 269 Å². The summed E-state index contributed by atoms with van der Waals surface area (Å²) in [4.78, 5) is 38.6. The quantitative estimate of drug-likeness (QED) is 0.123. The van der Waals surface area contributed by atoms with Crippen molar-refractivity contribution in [3.63, 3.8) is 0 Å².